The molecule has 1 aliphatic heterocycles. The maximum absolute atomic E-state index is 12.0. The van der Waals surface area contributed by atoms with Gasteiger partial charge in [0.05, 0.1) is 12.1 Å². The highest BCUT2D eigenvalue weighted by Crippen LogP contribution is 2.35. The molecule has 1 aliphatic carbocycles. The van der Waals surface area contributed by atoms with Gasteiger partial charge in [-0.3, -0.25) is 9.69 Å². The molecule has 0 unspecified atom stereocenters. The van der Waals surface area contributed by atoms with Crippen LogP contribution in [-0.2, 0) is 4.79 Å². The smallest absolute Gasteiger partial charge is 0.158 e. The summed E-state index contributed by atoms with van der Waals surface area (Å²) in [5.74, 6) is 0.179. The lowest BCUT2D eigenvalue weighted by Crippen LogP contribution is -2.50. The van der Waals surface area contributed by atoms with Crippen molar-refractivity contribution < 1.29 is 9.90 Å². The number of carbonyl (C=O) groups excluding carboxylic acids is 1. The summed E-state index contributed by atoms with van der Waals surface area (Å²) in [7, 11) is 0. The Morgan fingerprint density at radius 2 is 1.89 bits per heavy atom. The number of carbonyl (C=O) groups is 1. The van der Waals surface area contributed by atoms with E-state index in [2.05, 4.69) is 4.90 Å². The summed E-state index contributed by atoms with van der Waals surface area (Å²) in [6, 6.07) is 0.00625. The Bertz CT molecular complexity index is 354. The molecule has 1 saturated heterocycles. The number of allylic oxidation sites excluding steroid dienone is 1. The third-order valence-electron chi connectivity index (χ3n) is 4.41. The molecule has 2 atom stereocenters. The van der Waals surface area contributed by atoms with Crippen LogP contribution in [0.3, 0.4) is 0 Å². The second-order valence-corrected chi connectivity index (χ2v) is 6.47. The first-order valence-electron chi connectivity index (χ1n) is 7.05. The van der Waals surface area contributed by atoms with Crippen molar-refractivity contribution in [2.45, 2.75) is 58.6 Å². The molecule has 1 fully saturated rings. The van der Waals surface area contributed by atoms with Gasteiger partial charge in [0, 0.05) is 6.42 Å². The van der Waals surface area contributed by atoms with Crippen LogP contribution < -0.4 is 0 Å². The van der Waals surface area contributed by atoms with Crippen molar-refractivity contribution in [3.63, 3.8) is 0 Å². The molecular weight excluding hydrogens is 226 g/mol. The summed E-state index contributed by atoms with van der Waals surface area (Å²) >= 11 is 0. The number of rotatable bonds is 1. The molecule has 0 aromatic heterocycles. The zero-order valence-corrected chi connectivity index (χ0v) is 11.8. The summed E-state index contributed by atoms with van der Waals surface area (Å²) in [4.78, 5) is 14.4. The first kappa shape index (κ1) is 13.8. The lowest BCUT2D eigenvalue weighted by Gasteiger charge is -2.40. The molecule has 1 heterocycles. The monoisotopic (exact) mass is 251 g/mol. The Kier molecular flexibility index (Phi) is 3.93. The van der Waals surface area contributed by atoms with E-state index in [9.17, 15) is 9.90 Å². The second kappa shape index (κ2) is 5.14. The maximum Gasteiger partial charge on any atom is 0.158 e. The van der Waals surface area contributed by atoms with Crippen LogP contribution in [0.4, 0.5) is 0 Å². The van der Waals surface area contributed by atoms with E-state index >= 15 is 0 Å². The zero-order chi connectivity index (χ0) is 13.3. The Hall–Kier alpha value is -0.670. The van der Waals surface area contributed by atoms with Crippen LogP contribution >= 0.6 is 0 Å². The fourth-order valence-electron chi connectivity index (χ4n) is 3.08. The van der Waals surface area contributed by atoms with Crippen molar-refractivity contribution in [3.05, 3.63) is 11.6 Å². The average Bonchev–Trinajstić information content (AvgIpc) is 2.41. The minimum atomic E-state index is -0.461. The van der Waals surface area contributed by atoms with Gasteiger partial charge in [-0.1, -0.05) is 26.3 Å². The zero-order valence-electron chi connectivity index (χ0n) is 11.8. The van der Waals surface area contributed by atoms with Crippen molar-refractivity contribution in [2.24, 2.45) is 5.41 Å². The van der Waals surface area contributed by atoms with Gasteiger partial charge in [-0.05, 0) is 43.8 Å². The van der Waals surface area contributed by atoms with Gasteiger partial charge in [-0.15, -0.1) is 0 Å². The van der Waals surface area contributed by atoms with Gasteiger partial charge in [0.15, 0.2) is 5.78 Å². The van der Waals surface area contributed by atoms with Crippen LogP contribution in [0.1, 0.15) is 46.5 Å². The molecule has 0 amide bonds. The molecule has 0 radical (unpaired) electrons. The van der Waals surface area contributed by atoms with Gasteiger partial charge in [-0.2, -0.15) is 0 Å². The molecule has 0 aromatic carbocycles. The number of ketones is 1. The topological polar surface area (TPSA) is 40.5 Å². The fraction of sp³-hybridized carbons (Fsp3) is 0.800. The van der Waals surface area contributed by atoms with E-state index < -0.39 is 6.10 Å². The molecule has 102 valence electrons. The van der Waals surface area contributed by atoms with Crippen molar-refractivity contribution >= 4 is 5.78 Å². The normalized spacial score (nSPS) is 34.0. The summed E-state index contributed by atoms with van der Waals surface area (Å²) < 4.78 is 0. The lowest BCUT2D eigenvalue weighted by atomic mass is 9.79. The highest BCUT2D eigenvalue weighted by Gasteiger charge is 2.40. The first-order chi connectivity index (χ1) is 8.42. The minimum Gasteiger partial charge on any atom is -0.391 e. The molecule has 3 heteroatoms. The summed E-state index contributed by atoms with van der Waals surface area (Å²) in [6.07, 6.45) is 5.66. The first-order valence-corrected chi connectivity index (χ1v) is 7.05. The SMILES string of the molecule is CC1=C[C@@H](N2CCCCC2)[C@H](O)C(C)(C)CC1=O. The number of Topliss-reactive ketones (excluding diaryl/α,β-unsaturated/α-hetero) is 1. The van der Waals surface area contributed by atoms with Crippen LogP contribution in [0, 0.1) is 5.41 Å². The number of hydrogen-bond acceptors (Lipinski definition) is 3. The summed E-state index contributed by atoms with van der Waals surface area (Å²) in [6.45, 7) is 7.96. The Morgan fingerprint density at radius 1 is 1.28 bits per heavy atom. The third kappa shape index (κ3) is 2.67. The lowest BCUT2D eigenvalue weighted by molar-refractivity contribution is -0.119. The standard InChI is InChI=1S/C15H25NO2/c1-11-9-12(16-7-5-4-6-8-16)14(18)15(2,3)10-13(11)17/h9,12,14,18H,4-8,10H2,1-3H3/t12-,14+/m1/s1. The molecule has 0 saturated carbocycles. The van der Waals surface area contributed by atoms with E-state index in [0.29, 0.717) is 6.42 Å². The predicted octanol–water partition coefficient (Wildman–Crippen LogP) is 2.15. The molecule has 2 aliphatic rings. The molecule has 0 aromatic rings. The van der Waals surface area contributed by atoms with Gasteiger partial charge in [-0.25, -0.2) is 0 Å². The molecular formula is C15H25NO2. The van der Waals surface area contributed by atoms with E-state index in [0.717, 1.165) is 18.7 Å². The fourth-order valence-corrected chi connectivity index (χ4v) is 3.08. The van der Waals surface area contributed by atoms with Crippen molar-refractivity contribution in [2.75, 3.05) is 13.1 Å². The number of piperidine rings is 1. The number of likely N-dealkylation sites (tertiary alicyclic amines) is 1. The van der Waals surface area contributed by atoms with Crippen molar-refractivity contribution in [1.82, 2.24) is 4.90 Å². The highest BCUT2D eigenvalue weighted by molar-refractivity contribution is 5.95. The van der Waals surface area contributed by atoms with Crippen LogP contribution in [0.25, 0.3) is 0 Å². The van der Waals surface area contributed by atoms with E-state index in [4.69, 9.17) is 0 Å². The third-order valence-corrected chi connectivity index (χ3v) is 4.41. The van der Waals surface area contributed by atoms with Gasteiger partial charge >= 0.3 is 0 Å². The second-order valence-electron chi connectivity index (χ2n) is 6.47. The summed E-state index contributed by atoms with van der Waals surface area (Å²) in [5, 5.41) is 10.6. The number of aliphatic hydroxyl groups excluding tert-OH is 1. The van der Waals surface area contributed by atoms with Crippen LogP contribution in [-0.4, -0.2) is 41.0 Å². The quantitative estimate of drug-likeness (QED) is 0.776. The average molecular weight is 251 g/mol. The number of hydrogen-bond donors (Lipinski definition) is 1. The van der Waals surface area contributed by atoms with E-state index in [1.54, 1.807) is 0 Å². The van der Waals surface area contributed by atoms with E-state index in [1.807, 2.05) is 26.8 Å². The molecule has 2 rings (SSSR count). The molecule has 0 bridgehead atoms. The minimum absolute atomic E-state index is 0.00625. The van der Waals surface area contributed by atoms with Crippen LogP contribution in [0.2, 0.25) is 0 Å². The Morgan fingerprint density at radius 3 is 2.50 bits per heavy atom. The maximum atomic E-state index is 12.0. The van der Waals surface area contributed by atoms with Crippen molar-refractivity contribution in [1.29, 1.82) is 0 Å². The molecule has 3 nitrogen and oxygen atoms in total. The van der Waals surface area contributed by atoms with E-state index in [1.165, 1.54) is 19.3 Å². The summed E-state index contributed by atoms with van der Waals surface area (Å²) in [5.41, 5.74) is 0.475. The molecule has 0 spiro atoms. The predicted molar refractivity (Wildman–Crippen MR) is 72.4 cm³/mol. The van der Waals surface area contributed by atoms with Gasteiger partial charge in [0.1, 0.15) is 0 Å². The Balaban J connectivity index is 2.26. The van der Waals surface area contributed by atoms with Crippen LogP contribution in [0.15, 0.2) is 11.6 Å². The van der Waals surface area contributed by atoms with Gasteiger partial charge in [0.25, 0.3) is 0 Å². The van der Waals surface area contributed by atoms with Gasteiger partial charge < -0.3 is 5.11 Å². The van der Waals surface area contributed by atoms with E-state index in [-0.39, 0.29) is 17.2 Å². The van der Waals surface area contributed by atoms with Crippen molar-refractivity contribution in [3.8, 4) is 0 Å². The highest BCUT2D eigenvalue weighted by atomic mass is 16.3. The largest absolute Gasteiger partial charge is 0.391 e. The number of nitrogens with zero attached hydrogens (tertiary/aromatic N) is 1. The molecule has 1 N–H and O–H groups in total. The Labute approximate surface area is 110 Å². The number of aliphatic hydroxyl groups is 1. The van der Waals surface area contributed by atoms with Crippen LogP contribution in [0.5, 0.6) is 0 Å². The molecule has 18 heavy (non-hydrogen) atoms. The van der Waals surface area contributed by atoms with Gasteiger partial charge in [0.2, 0.25) is 0 Å².